The lowest BCUT2D eigenvalue weighted by atomic mass is 10.2. The van der Waals surface area contributed by atoms with E-state index in [2.05, 4.69) is 11.9 Å². The Morgan fingerprint density at radius 3 is 2.62 bits per heavy atom. The number of ether oxygens (including phenoxy) is 1. The second-order valence-electron chi connectivity index (χ2n) is 3.09. The van der Waals surface area contributed by atoms with E-state index in [1.54, 1.807) is 14.0 Å². The van der Waals surface area contributed by atoms with Crippen LogP contribution < -0.4 is 5.32 Å². The van der Waals surface area contributed by atoms with Gasteiger partial charge in [-0.2, -0.15) is 0 Å². The molecule has 0 saturated heterocycles. The van der Waals surface area contributed by atoms with Gasteiger partial charge in [0.15, 0.2) is 0 Å². The lowest BCUT2D eigenvalue weighted by molar-refractivity contribution is -0.117. The summed E-state index contributed by atoms with van der Waals surface area (Å²) in [6.07, 6.45) is 3.14. The fraction of sp³-hybridized carbons (Fsp3) is 0.700. The van der Waals surface area contributed by atoms with E-state index in [0.717, 1.165) is 32.4 Å². The van der Waals surface area contributed by atoms with Gasteiger partial charge in [0.05, 0.1) is 0 Å². The van der Waals surface area contributed by atoms with Crippen LogP contribution in [0.25, 0.3) is 0 Å². The minimum atomic E-state index is -0.0493. The first-order chi connectivity index (χ1) is 6.18. The number of hydrogen-bond donors (Lipinski definition) is 1. The van der Waals surface area contributed by atoms with Crippen molar-refractivity contribution in [3.63, 3.8) is 0 Å². The average Bonchev–Trinajstić information content (AvgIpc) is 2.10. The molecule has 0 fully saturated rings. The Kier molecular flexibility index (Phi) is 7.30. The molecule has 0 aromatic heterocycles. The Morgan fingerprint density at radius 2 is 2.08 bits per heavy atom. The number of hydrogen-bond acceptors (Lipinski definition) is 2. The van der Waals surface area contributed by atoms with Crippen LogP contribution in [0.4, 0.5) is 0 Å². The second kappa shape index (κ2) is 7.80. The zero-order valence-corrected chi connectivity index (χ0v) is 8.56. The number of methoxy groups -OCH3 is 1. The maximum absolute atomic E-state index is 11.0. The Morgan fingerprint density at radius 1 is 1.38 bits per heavy atom. The molecule has 0 bridgehead atoms. The molecule has 0 aliphatic rings. The quantitative estimate of drug-likeness (QED) is 0.482. The number of amides is 1. The van der Waals surface area contributed by atoms with Crippen LogP contribution in [0, 0.1) is 0 Å². The van der Waals surface area contributed by atoms with Crippen molar-refractivity contribution in [3.8, 4) is 0 Å². The van der Waals surface area contributed by atoms with Gasteiger partial charge in [0.1, 0.15) is 0 Å². The van der Waals surface area contributed by atoms with Crippen molar-refractivity contribution in [2.45, 2.75) is 26.2 Å². The zero-order chi connectivity index (χ0) is 10.1. The Labute approximate surface area is 80.2 Å². The van der Waals surface area contributed by atoms with E-state index in [0.29, 0.717) is 5.57 Å². The average molecular weight is 185 g/mol. The highest BCUT2D eigenvalue weighted by molar-refractivity contribution is 5.91. The van der Waals surface area contributed by atoms with Crippen molar-refractivity contribution in [2.24, 2.45) is 0 Å². The molecular weight excluding hydrogens is 166 g/mol. The standard InChI is InChI=1S/C10H19NO2/c1-9(2)10(12)11-7-5-4-6-8-13-3/h1,4-8H2,2-3H3,(H,11,12). The van der Waals surface area contributed by atoms with E-state index in [9.17, 15) is 4.79 Å². The number of rotatable bonds is 7. The summed E-state index contributed by atoms with van der Waals surface area (Å²) >= 11 is 0. The maximum Gasteiger partial charge on any atom is 0.246 e. The van der Waals surface area contributed by atoms with Gasteiger partial charge in [-0.3, -0.25) is 4.79 Å². The van der Waals surface area contributed by atoms with E-state index >= 15 is 0 Å². The van der Waals surface area contributed by atoms with Crippen molar-refractivity contribution in [1.29, 1.82) is 0 Å². The van der Waals surface area contributed by atoms with Gasteiger partial charge >= 0.3 is 0 Å². The predicted octanol–water partition coefficient (Wildman–Crippen LogP) is 1.50. The van der Waals surface area contributed by atoms with Crippen molar-refractivity contribution in [3.05, 3.63) is 12.2 Å². The summed E-state index contributed by atoms with van der Waals surface area (Å²) in [4.78, 5) is 11.0. The van der Waals surface area contributed by atoms with E-state index in [1.807, 2.05) is 0 Å². The van der Waals surface area contributed by atoms with E-state index in [1.165, 1.54) is 0 Å². The topological polar surface area (TPSA) is 38.3 Å². The maximum atomic E-state index is 11.0. The van der Waals surface area contributed by atoms with Gasteiger partial charge in [-0.1, -0.05) is 6.58 Å². The normalized spacial score (nSPS) is 9.69. The zero-order valence-electron chi connectivity index (χ0n) is 8.56. The van der Waals surface area contributed by atoms with E-state index in [-0.39, 0.29) is 5.91 Å². The van der Waals surface area contributed by atoms with Crippen LogP contribution in [-0.2, 0) is 9.53 Å². The third kappa shape index (κ3) is 7.53. The highest BCUT2D eigenvalue weighted by atomic mass is 16.5. The molecule has 3 heteroatoms. The number of nitrogens with one attached hydrogen (secondary N) is 1. The van der Waals surface area contributed by atoms with Crippen molar-refractivity contribution >= 4 is 5.91 Å². The fourth-order valence-corrected chi connectivity index (χ4v) is 0.901. The number of unbranched alkanes of at least 4 members (excludes halogenated alkanes) is 2. The monoisotopic (exact) mass is 185 g/mol. The predicted molar refractivity (Wildman–Crippen MR) is 53.6 cm³/mol. The molecule has 0 saturated carbocycles. The summed E-state index contributed by atoms with van der Waals surface area (Å²) in [5.41, 5.74) is 0.567. The minimum Gasteiger partial charge on any atom is -0.385 e. The smallest absolute Gasteiger partial charge is 0.246 e. The van der Waals surface area contributed by atoms with Gasteiger partial charge in [-0.25, -0.2) is 0 Å². The lowest BCUT2D eigenvalue weighted by Gasteiger charge is -2.03. The summed E-state index contributed by atoms with van der Waals surface area (Å²) in [6.45, 7) is 6.79. The lowest BCUT2D eigenvalue weighted by Crippen LogP contribution is -2.24. The molecule has 0 heterocycles. The van der Waals surface area contributed by atoms with Crippen molar-refractivity contribution in [1.82, 2.24) is 5.32 Å². The Hall–Kier alpha value is -0.830. The molecule has 0 aliphatic carbocycles. The van der Waals surface area contributed by atoms with Gasteiger partial charge in [-0.05, 0) is 26.2 Å². The number of carbonyl (C=O) groups is 1. The van der Waals surface area contributed by atoms with E-state index in [4.69, 9.17) is 4.74 Å². The molecule has 0 aromatic rings. The number of carbonyl (C=O) groups excluding carboxylic acids is 1. The highest BCUT2D eigenvalue weighted by Gasteiger charge is 1.98. The molecule has 13 heavy (non-hydrogen) atoms. The van der Waals surface area contributed by atoms with Crippen LogP contribution >= 0.6 is 0 Å². The SMILES string of the molecule is C=C(C)C(=O)NCCCCCOC. The van der Waals surface area contributed by atoms with Crippen LogP contribution in [-0.4, -0.2) is 26.2 Å². The first-order valence-electron chi connectivity index (χ1n) is 4.61. The van der Waals surface area contributed by atoms with Crippen LogP contribution in [0.1, 0.15) is 26.2 Å². The van der Waals surface area contributed by atoms with Crippen molar-refractivity contribution in [2.75, 3.05) is 20.3 Å². The van der Waals surface area contributed by atoms with Crippen LogP contribution in [0.3, 0.4) is 0 Å². The van der Waals surface area contributed by atoms with Gasteiger partial charge < -0.3 is 10.1 Å². The first kappa shape index (κ1) is 12.2. The van der Waals surface area contributed by atoms with Crippen LogP contribution in [0.5, 0.6) is 0 Å². The molecule has 0 radical (unpaired) electrons. The van der Waals surface area contributed by atoms with Crippen LogP contribution in [0.15, 0.2) is 12.2 Å². The molecule has 0 aromatic carbocycles. The molecule has 1 N–H and O–H groups in total. The minimum absolute atomic E-state index is 0.0493. The third-order valence-electron chi connectivity index (χ3n) is 1.70. The summed E-state index contributed by atoms with van der Waals surface area (Å²) in [5, 5.41) is 2.78. The Bertz CT molecular complexity index is 166. The van der Waals surface area contributed by atoms with E-state index < -0.39 is 0 Å². The molecule has 0 aliphatic heterocycles. The molecule has 0 spiro atoms. The fourth-order valence-electron chi connectivity index (χ4n) is 0.901. The first-order valence-corrected chi connectivity index (χ1v) is 4.61. The highest BCUT2D eigenvalue weighted by Crippen LogP contribution is 1.94. The summed E-state index contributed by atoms with van der Waals surface area (Å²) in [5.74, 6) is -0.0493. The van der Waals surface area contributed by atoms with Crippen molar-refractivity contribution < 1.29 is 9.53 Å². The van der Waals surface area contributed by atoms with Crippen LogP contribution in [0.2, 0.25) is 0 Å². The molecular formula is C10H19NO2. The Balaban J connectivity index is 3.16. The molecule has 76 valence electrons. The molecule has 0 unspecified atom stereocenters. The second-order valence-corrected chi connectivity index (χ2v) is 3.09. The molecule has 3 nitrogen and oxygen atoms in total. The third-order valence-corrected chi connectivity index (χ3v) is 1.70. The summed E-state index contributed by atoms with van der Waals surface area (Å²) in [6, 6.07) is 0. The summed E-state index contributed by atoms with van der Waals surface area (Å²) < 4.78 is 4.91. The molecule has 0 rings (SSSR count). The molecule has 1 amide bonds. The van der Waals surface area contributed by atoms with Gasteiger partial charge in [0.2, 0.25) is 5.91 Å². The largest absolute Gasteiger partial charge is 0.385 e. The van der Waals surface area contributed by atoms with Gasteiger partial charge in [0, 0.05) is 25.8 Å². The van der Waals surface area contributed by atoms with Gasteiger partial charge in [-0.15, -0.1) is 0 Å². The summed E-state index contributed by atoms with van der Waals surface area (Å²) in [7, 11) is 1.70. The van der Waals surface area contributed by atoms with Gasteiger partial charge in [0.25, 0.3) is 0 Å². The molecule has 0 atom stereocenters.